The van der Waals surface area contributed by atoms with Crippen LogP contribution in [0.15, 0.2) is 36.4 Å². The van der Waals surface area contributed by atoms with Gasteiger partial charge in [-0.15, -0.1) is 0 Å². The third-order valence-corrected chi connectivity index (χ3v) is 9.03. The summed E-state index contributed by atoms with van der Waals surface area (Å²) in [5.41, 5.74) is 12.9. The Labute approximate surface area is 207 Å². The van der Waals surface area contributed by atoms with Gasteiger partial charge < -0.3 is 9.64 Å². The van der Waals surface area contributed by atoms with Crippen molar-refractivity contribution in [1.82, 2.24) is 4.58 Å². The second kappa shape index (κ2) is 7.46. The summed E-state index contributed by atoms with van der Waals surface area (Å²) in [6.45, 7) is 6.95. The van der Waals surface area contributed by atoms with Gasteiger partial charge in [-0.05, 0) is 68.7 Å². The summed E-state index contributed by atoms with van der Waals surface area (Å²) in [4.78, 5) is 2.64. The first kappa shape index (κ1) is 20.2. The molecule has 0 fully saturated rings. The fourth-order valence-corrected chi connectivity index (χ4v) is 7.54. The maximum absolute atomic E-state index is 7.12. The Kier molecular flexibility index (Phi) is 4.30. The van der Waals surface area contributed by atoms with E-state index in [0.717, 1.165) is 24.3 Å². The molecule has 8 rings (SSSR count). The largest absolute Gasteiger partial charge is 0.455 e. The summed E-state index contributed by atoms with van der Waals surface area (Å²) in [7, 11) is 0. The van der Waals surface area contributed by atoms with Crippen molar-refractivity contribution in [3.8, 4) is 11.5 Å². The lowest BCUT2D eigenvalue weighted by Gasteiger charge is -2.39. The minimum atomic E-state index is 1.13. The third kappa shape index (κ3) is 2.87. The van der Waals surface area contributed by atoms with Crippen LogP contribution in [0.25, 0.3) is 5.57 Å². The Hall–Kier alpha value is -3.07. The SMILES string of the molecule is Cc1ccc(C2=c3cc4c5c(c3Oc3c2cc2c6c3CCCN6CCC2)CCC[N+]=5CCC4)cc1. The molecule has 5 aliphatic rings. The number of aryl methyl sites for hydroxylation is 3. The molecule has 0 unspecified atom stereocenters. The van der Waals surface area contributed by atoms with Gasteiger partial charge in [0, 0.05) is 59.1 Å². The second-order valence-corrected chi connectivity index (χ2v) is 11.2. The number of hydrogen-bond acceptors (Lipinski definition) is 2. The van der Waals surface area contributed by atoms with Crippen LogP contribution >= 0.6 is 0 Å². The number of benzene rings is 3. The van der Waals surface area contributed by atoms with Crippen molar-refractivity contribution in [2.75, 3.05) is 31.1 Å². The molecule has 176 valence electrons. The van der Waals surface area contributed by atoms with Crippen molar-refractivity contribution in [2.45, 2.75) is 58.3 Å². The van der Waals surface area contributed by atoms with Crippen LogP contribution in [0.3, 0.4) is 0 Å². The fraction of sp³-hybridized carbons (Fsp3) is 0.406. The lowest BCUT2D eigenvalue weighted by molar-refractivity contribution is 0.431. The molecule has 0 spiro atoms. The molecular weight excluding hydrogens is 428 g/mol. The number of hydrogen-bond donors (Lipinski definition) is 0. The number of nitrogens with zero attached hydrogens (tertiary/aromatic N) is 2. The highest BCUT2D eigenvalue weighted by molar-refractivity contribution is 5.89. The van der Waals surface area contributed by atoms with E-state index in [1.165, 1.54) is 125 Å². The molecule has 5 heterocycles. The molecule has 3 nitrogen and oxygen atoms in total. The average molecular weight is 462 g/mol. The van der Waals surface area contributed by atoms with Gasteiger partial charge in [0.15, 0.2) is 0 Å². The number of rotatable bonds is 1. The number of anilines is 1. The molecule has 0 saturated carbocycles. The van der Waals surface area contributed by atoms with Crippen LogP contribution in [0.4, 0.5) is 5.69 Å². The normalized spacial score (nSPS) is 19.4. The first-order valence-electron chi connectivity index (χ1n) is 13.8. The molecule has 0 aliphatic carbocycles. The third-order valence-electron chi connectivity index (χ3n) is 9.03. The molecule has 0 N–H and O–H groups in total. The van der Waals surface area contributed by atoms with E-state index >= 15 is 0 Å². The summed E-state index contributed by atoms with van der Waals surface area (Å²) in [6, 6.07) is 14.2. The van der Waals surface area contributed by atoms with Gasteiger partial charge in [0.2, 0.25) is 5.36 Å². The molecule has 3 aromatic rings. The summed E-state index contributed by atoms with van der Waals surface area (Å²) in [5, 5.41) is 2.83. The van der Waals surface area contributed by atoms with Crippen molar-refractivity contribution in [2.24, 2.45) is 0 Å². The minimum Gasteiger partial charge on any atom is -0.455 e. The van der Waals surface area contributed by atoms with E-state index in [4.69, 9.17) is 4.74 Å². The zero-order valence-corrected chi connectivity index (χ0v) is 20.8. The van der Waals surface area contributed by atoms with Crippen LogP contribution in [0.2, 0.25) is 0 Å². The first-order valence-corrected chi connectivity index (χ1v) is 13.8. The van der Waals surface area contributed by atoms with E-state index in [1.54, 1.807) is 0 Å². The van der Waals surface area contributed by atoms with Crippen molar-refractivity contribution in [3.63, 3.8) is 0 Å². The molecule has 0 aromatic heterocycles. The molecule has 3 heteroatoms. The fourth-order valence-electron chi connectivity index (χ4n) is 7.54. The van der Waals surface area contributed by atoms with Crippen LogP contribution in [-0.4, -0.2) is 26.2 Å². The van der Waals surface area contributed by atoms with Gasteiger partial charge in [-0.1, -0.05) is 29.8 Å². The topological polar surface area (TPSA) is 15.5 Å². The van der Waals surface area contributed by atoms with Crippen molar-refractivity contribution in [3.05, 3.63) is 85.9 Å². The van der Waals surface area contributed by atoms with Gasteiger partial charge >= 0.3 is 0 Å². The summed E-state index contributed by atoms with van der Waals surface area (Å²) >= 11 is 0. The summed E-state index contributed by atoms with van der Waals surface area (Å²) < 4.78 is 9.76. The zero-order valence-electron chi connectivity index (χ0n) is 20.8. The van der Waals surface area contributed by atoms with Crippen LogP contribution in [-0.2, 0) is 25.7 Å². The lowest BCUT2D eigenvalue weighted by atomic mass is 9.82. The lowest BCUT2D eigenvalue weighted by Crippen LogP contribution is -2.45. The molecular formula is C32H33N2O+. The van der Waals surface area contributed by atoms with Crippen LogP contribution in [0.1, 0.15) is 64.6 Å². The van der Waals surface area contributed by atoms with Gasteiger partial charge in [-0.25, -0.2) is 4.58 Å². The van der Waals surface area contributed by atoms with Gasteiger partial charge in [-0.2, -0.15) is 0 Å². The van der Waals surface area contributed by atoms with E-state index in [1.807, 2.05) is 0 Å². The molecule has 0 bridgehead atoms. The Morgan fingerprint density at radius 2 is 1.51 bits per heavy atom. The van der Waals surface area contributed by atoms with Crippen molar-refractivity contribution < 1.29 is 4.74 Å². The molecule has 0 amide bonds. The Balaban J connectivity index is 1.52. The quantitative estimate of drug-likeness (QED) is 0.390. The first-order chi connectivity index (χ1) is 17.3. The standard InChI is InChI=1S/C32H33N2O/c1-20-10-12-21(13-11-20)28-26-18-22-6-2-14-33-16-4-8-24(29(22)33)31(26)35-32-25-9-5-17-34-15-3-7-23(30(25)34)19-27(28)32/h10-13,18-19H,2-9,14-17H2,1H3/q+1. The van der Waals surface area contributed by atoms with Crippen molar-refractivity contribution >= 4 is 11.3 Å². The summed E-state index contributed by atoms with van der Waals surface area (Å²) in [5.74, 6) is 2.31. The molecule has 35 heavy (non-hydrogen) atoms. The highest BCUT2D eigenvalue weighted by Crippen LogP contribution is 2.48. The Bertz CT molecular complexity index is 1520. The van der Waals surface area contributed by atoms with E-state index in [-0.39, 0.29) is 0 Å². The van der Waals surface area contributed by atoms with Gasteiger partial charge in [0.25, 0.3) is 0 Å². The van der Waals surface area contributed by atoms with E-state index in [2.05, 4.69) is 52.8 Å². The van der Waals surface area contributed by atoms with E-state index in [9.17, 15) is 0 Å². The van der Waals surface area contributed by atoms with Crippen LogP contribution < -0.4 is 24.8 Å². The predicted octanol–water partition coefficient (Wildman–Crippen LogP) is 4.43. The summed E-state index contributed by atoms with van der Waals surface area (Å²) in [6.07, 6.45) is 9.60. The molecule has 3 aromatic carbocycles. The number of fused-ring (bicyclic) bond motifs is 4. The van der Waals surface area contributed by atoms with E-state index < -0.39 is 0 Å². The predicted molar refractivity (Wildman–Crippen MR) is 141 cm³/mol. The van der Waals surface area contributed by atoms with Crippen LogP contribution in [0, 0.1) is 6.92 Å². The Morgan fingerprint density at radius 3 is 2.37 bits per heavy atom. The average Bonchev–Trinajstić information content (AvgIpc) is 2.89. The monoisotopic (exact) mass is 461 g/mol. The maximum atomic E-state index is 7.12. The molecule has 0 saturated heterocycles. The maximum Gasteiger partial charge on any atom is 0.210 e. The van der Waals surface area contributed by atoms with E-state index in [0.29, 0.717) is 0 Å². The zero-order chi connectivity index (χ0) is 23.1. The second-order valence-electron chi connectivity index (χ2n) is 11.2. The minimum absolute atomic E-state index is 1.13. The van der Waals surface area contributed by atoms with Crippen molar-refractivity contribution in [1.29, 1.82) is 0 Å². The molecule has 5 aliphatic heterocycles. The highest BCUT2D eigenvalue weighted by atomic mass is 16.5. The smallest absolute Gasteiger partial charge is 0.210 e. The molecule has 0 atom stereocenters. The number of ether oxygens (including phenoxy) is 1. The molecule has 0 radical (unpaired) electrons. The van der Waals surface area contributed by atoms with Gasteiger partial charge in [0.1, 0.15) is 24.6 Å². The van der Waals surface area contributed by atoms with Crippen LogP contribution in [0.5, 0.6) is 11.5 Å². The highest BCUT2D eigenvalue weighted by Gasteiger charge is 2.35. The Morgan fingerprint density at radius 1 is 0.771 bits per heavy atom. The van der Waals surface area contributed by atoms with Gasteiger partial charge in [0.05, 0.1) is 5.56 Å². The van der Waals surface area contributed by atoms with Gasteiger partial charge in [-0.3, -0.25) is 0 Å².